The summed E-state index contributed by atoms with van der Waals surface area (Å²) < 4.78 is 0. The van der Waals surface area contributed by atoms with Crippen LogP contribution < -0.4 is 27.0 Å². The summed E-state index contributed by atoms with van der Waals surface area (Å²) in [7, 11) is 0. The maximum absolute atomic E-state index is 14.3. The van der Waals surface area contributed by atoms with E-state index >= 15 is 0 Å². The number of benzene rings is 2. The van der Waals surface area contributed by atoms with E-state index in [0.29, 0.717) is 30.5 Å². The number of aromatic hydroxyl groups is 1. The molecule has 0 bridgehead atoms. The molecule has 0 saturated carbocycles. The molecule has 1 saturated heterocycles. The molecule has 56 heavy (non-hydrogen) atoms. The molecule has 2 aromatic carbocycles. The largest absolute Gasteiger partial charge is 0.508 e. The van der Waals surface area contributed by atoms with Crippen LogP contribution in [0.15, 0.2) is 67.1 Å². The second kappa shape index (κ2) is 20.2. The molecule has 1 aliphatic heterocycles. The van der Waals surface area contributed by atoms with Crippen LogP contribution in [0.2, 0.25) is 0 Å². The normalized spacial score (nSPS) is 17.2. The first-order valence-corrected chi connectivity index (χ1v) is 19.0. The molecule has 9 N–H and O–H groups in total. The molecule has 4 rings (SSSR count). The Balaban J connectivity index is 1.55. The van der Waals surface area contributed by atoms with E-state index in [4.69, 9.17) is 5.73 Å². The Labute approximate surface area is 326 Å². The van der Waals surface area contributed by atoms with E-state index in [9.17, 15) is 39.0 Å². The Morgan fingerprint density at radius 2 is 1.48 bits per heavy atom. The molecule has 1 aliphatic rings. The quantitative estimate of drug-likeness (QED) is 0.0864. The number of H-pyrrole nitrogens is 1. The summed E-state index contributed by atoms with van der Waals surface area (Å²) in [5, 5.41) is 30.6. The Morgan fingerprint density at radius 1 is 0.839 bits per heavy atom. The average Bonchev–Trinajstić information content (AvgIpc) is 3.89. The Bertz CT molecular complexity index is 1790. The van der Waals surface area contributed by atoms with Crippen LogP contribution >= 0.6 is 0 Å². The third-order valence-corrected chi connectivity index (χ3v) is 10.2. The van der Waals surface area contributed by atoms with E-state index in [2.05, 4.69) is 31.2 Å². The van der Waals surface area contributed by atoms with E-state index in [-0.39, 0.29) is 37.5 Å². The summed E-state index contributed by atoms with van der Waals surface area (Å²) in [4.78, 5) is 89.6. The van der Waals surface area contributed by atoms with Crippen molar-refractivity contribution in [1.82, 2.24) is 36.1 Å². The molecule has 7 atom stereocenters. The van der Waals surface area contributed by atoms with E-state index in [1.54, 1.807) is 63.2 Å². The van der Waals surface area contributed by atoms with Gasteiger partial charge in [-0.25, -0.2) is 9.78 Å². The summed E-state index contributed by atoms with van der Waals surface area (Å²) in [6.07, 6.45) is 4.24. The number of aromatic nitrogens is 2. The summed E-state index contributed by atoms with van der Waals surface area (Å²) in [5.41, 5.74) is 7.98. The molecule has 0 radical (unpaired) electrons. The highest BCUT2D eigenvalue weighted by molar-refractivity contribution is 5.97. The van der Waals surface area contributed by atoms with Gasteiger partial charge in [-0.2, -0.15) is 0 Å². The molecule has 16 nitrogen and oxygen atoms in total. The molecule has 1 fully saturated rings. The number of aliphatic carboxylic acids is 1. The average molecular weight is 775 g/mol. The number of nitrogens with two attached hydrogens (primary N) is 1. The van der Waals surface area contributed by atoms with E-state index in [0.717, 1.165) is 5.56 Å². The molecule has 5 amide bonds. The van der Waals surface area contributed by atoms with Crippen molar-refractivity contribution in [3.05, 3.63) is 83.9 Å². The van der Waals surface area contributed by atoms with Gasteiger partial charge in [0.25, 0.3) is 0 Å². The zero-order chi connectivity index (χ0) is 40.9. The number of phenols is 1. The minimum atomic E-state index is -1.23. The zero-order valence-corrected chi connectivity index (χ0v) is 32.2. The Kier molecular flexibility index (Phi) is 15.5. The number of aromatic amines is 1. The number of carboxylic acid groups (broad SMARTS) is 1. The fourth-order valence-electron chi connectivity index (χ4n) is 6.50. The lowest BCUT2D eigenvalue weighted by molar-refractivity contribution is -0.145. The molecular formula is C40H54N8O8. The lowest BCUT2D eigenvalue weighted by Crippen LogP contribution is -2.61. The fourth-order valence-corrected chi connectivity index (χ4v) is 6.50. The number of phenolic OH excluding ortho intramolecular Hbond substituents is 1. The third-order valence-electron chi connectivity index (χ3n) is 10.2. The first kappa shape index (κ1) is 43.0. The minimum Gasteiger partial charge on any atom is -0.508 e. The van der Waals surface area contributed by atoms with Crippen molar-refractivity contribution in [3.63, 3.8) is 0 Å². The predicted molar refractivity (Wildman–Crippen MR) is 207 cm³/mol. The van der Waals surface area contributed by atoms with Crippen LogP contribution in [0.3, 0.4) is 0 Å². The maximum Gasteiger partial charge on any atom is 0.326 e. The van der Waals surface area contributed by atoms with Crippen molar-refractivity contribution in [3.8, 4) is 5.75 Å². The number of nitrogens with zero attached hydrogens (tertiary/aromatic N) is 2. The lowest BCUT2D eigenvalue weighted by Gasteiger charge is -2.31. The fraction of sp³-hybridized carbons (Fsp3) is 0.475. The molecule has 0 aliphatic carbocycles. The van der Waals surface area contributed by atoms with Crippen LogP contribution in [-0.2, 0) is 48.0 Å². The number of carbonyl (C=O) groups excluding carboxylic acids is 5. The smallest absolute Gasteiger partial charge is 0.326 e. The lowest BCUT2D eigenvalue weighted by atomic mass is 9.96. The van der Waals surface area contributed by atoms with Crippen LogP contribution in [0.25, 0.3) is 0 Å². The van der Waals surface area contributed by atoms with Crippen LogP contribution in [0, 0.1) is 11.8 Å². The zero-order valence-electron chi connectivity index (χ0n) is 32.2. The van der Waals surface area contributed by atoms with Crippen molar-refractivity contribution < 1.29 is 39.0 Å². The molecule has 0 unspecified atom stereocenters. The number of amides is 5. The van der Waals surface area contributed by atoms with Gasteiger partial charge in [-0.05, 0) is 47.9 Å². The van der Waals surface area contributed by atoms with Gasteiger partial charge in [-0.15, -0.1) is 0 Å². The standard InChI is InChI=1S/C40H54N8O8/c1-5-24(4)34(47-35(50)29(44-37(52)33(41)23(2)3)18-26-13-15-28(49)16-14-26)38(53)45-30(20-27-21-42-22-43-27)39(54)48-17-9-12-32(48)36(51)46-31(40(55)56)19-25-10-7-6-8-11-25/h6-8,10-11,13-16,21-24,29-34,49H,5,9,12,17-20,41H2,1-4H3,(H,42,43)(H,44,52)(H,45,53)(H,46,51)(H,47,50)(H,55,56)/t24-,29-,30-,31-,32-,33+,34-/m0/s1. The highest BCUT2D eigenvalue weighted by Gasteiger charge is 2.40. The van der Waals surface area contributed by atoms with Gasteiger partial charge in [0.15, 0.2) is 0 Å². The second-order valence-corrected chi connectivity index (χ2v) is 14.7. The SMILES string of the molecule is CC[C@H](C)[C@H](NC(=O)[C@H](Cc1ccc(O)cc1)NC(=O)[C@H](N)C(C)C)C(=O)N[C@@H](Cc1cnc[nH]1)C(=O)N1CCC[C@H]1C(=O)N[C@@H](Cc1ccccc1)C(=O)O. The number of likely N-dealkylation sites (tertiary alicyclic amines) is 1. The van der Waals surface area contributed by atoms with Crippen LogP contribution in [0.4, 0.5) is 0 Å². The van der Waals surface area contributed by atoms with Gasteiger partial charge in [0.2, 0.25) is 29.5 Å². The Hall–Kier alpha value is -5.77. The van der Waals surface area contributed by atoms with Crippen molar-refractivity contribution in [2.24, 2.45) is 17.6 Å². The summed E-state index contributed by atoms with van der Waals surface area (Å²) in [5.74, 6) is -4.86. The van der Waals surface area contributed by atoms with Crippen LogP contribution in [-0.4, -0.2) is 103 Å². The van der Waals surface area contributed by atoms with Crippen molar-refractivity contribution in [2.45, 2.75) is 102 Å². The molecule has 2 heterocycles. The number of rotatable bonds is 19. The summed E-state index contributed by atoms with van der Waals surface area (Å²) in [6, 6.07) is 8.44. The summed E-state index contributed by atoms with van der Waals surface area (Å²) >= 11 is 0. The summed E-state index contributed by atoms with van der Waals surface area (Å²) in [6.45, 7) is 7.37. The molecule has 16 heteroatoms. The first-order valence-electron chi connectivity index (χ1n) is 19.0. The third kappa shape index (κ3) is 11.9. The number of nitrogens with one attached hydrogen (secondary N) is 5. The number of carboxylic acids is 1. The van der Waals surface area contributed by atoms with Gasteiger partial charge in [-0.3, -0.25) is 24.0 Å². The number of hydrogen-bond acceptors (Lipinski definition) is 9. The van der Waals surface area contributed by atoms with Gasteiger partial charge < -0.3 is 47.1 Å². The molecule has 3 aromatic rings. The molecule has 0 spiro atoms. The van der Waals surface area contributed by atoms with Crippen molar-refractivity contribution in [2.75, 3.05) is 6.54 Å². The number of carbonyl (C=O) groups is 6. The van der Waals surface area contributed by atoms with Gasteiger partial charge in [-0.1, -0.05) is 76.6 Å². The van der Waals surface area contributed by atoms with Crippen LogP contribution in [0.1, 0.15) is 63.8 Å². The molecule has 1 aromatic heterocycles. The minimum absolute atomic E-state index is 0.0189. The van der Waals surface area contributed by atoms with Crippen molar-refractivity contribution in [1.29, 1.82) is 0 Å². The van der Waals surface area contributed by atoms with Gasteiger partial charge in [0.1, 0.15) is 36.0 Å². The molecular weight excluding hydrogens is 720 g/mol. The van der Waals surface area contributed by atoms with E-state index in [1.165, 1.54) is 29.6 Å². The van der Waals surface area contributed by atoms with Gasteiger partial charge in [0.05, 0.1) is 12.4 Å². The highest BCUT2D eigenvalue weighted by Crippen LogP contribution is 2.21. The van der Waals surface area contributed by atoms with Crippen molar-refractivity contribution >= 4 is 35.5 Å². The van der Waals surface area contributed by atoms with Gasteiger partial charge in [0, 0.05) is 37.7 Å². The topological polar surface area (TPSA) is 249 Å². The van der Waals surface area contributed by atoms with E-state index in [1.807, 2.05) is 6.92 Å². The molecule has 302 valence electrons. The van der Waals surface area contributed by atoms with Crippen LogP contribution in [0.5, 0.6) is 5.75 Å². The predicted octanol–water partition coefficient (Wildman–Crippen LogP) is 1.19. The maximum atomic E-state index is 14.3. The van der Waals surface area contributed by atoms with E-state index < -0.39 is 77.7 Å². The number of imidazole rings is 1. The second-order valence-electron chi connectivity index (χ2n) is 14.7. The first-order chi connectivity index (χ1) is 26.7. The van der Waals surface area contributed by atoms with Gasteiger partial charge >= 0.3 is 5.97 Å². The monoisotopic (exact) mass is 774 g/mol. The Morgan fingerprint density at radius 3 is 2.09 bits per heavy atom. The highest BCUT2D eigenvalue weighted by atomic mass is 16.4. The number of hydrogen-bond donors (Lipinski definition) is 8.